The lowest BCUT2D eigenvalue weighted by Crippen LogP contribution is -2.57. The highest BCUT2D eigenvalue weighted by molar-refractivity contribution is 5.95. The number of hydrogen-bond donors (Lipinski definition) is 8. The van der Waals surface area contributed by atoms with Gasteiger partial charge < -0.3 is 43.6 Å². The molecule has 0 bridgehead atoms. The number of carbonyl (C=O) groups excluding carboxylic acids is 5. The molecule has 0 spiro atoms. The Labute approximate surface area is 204 Å². The highest BCUT2D eigenvalue weighted by Gasteiger charge is 2.30. The number of nitrogens with two attached hydrogens (primary N) is 3. The number of hydrogen-bond acceptors (Lipinski definition) is 8. The molecule has 0 saturated heterocycles. The molecule has 0 fully saturated rings. The zero-order valence-corrected chi connectivity index (χ0v) is 20.3. The molecule has 0 unspecified atom stereocenters. The summed E-state index contributed by atoms with van der Waals surface area (Å²) in [5, 5.41) is 18.6. The maximum atomic E-state index is 13.0. The van der Waals surface area contributed by atoms with Crippen LogP contribution in [-0.4, -0.2) is 78.4 Å². The van der Waals surface area contributed by atoms with Gasteiger partial charge in [-0.05, 0) is 44.6 Å². The standard InChI is InChI=1S/C21H39N7O7/c1-12(2)9-15(28-20(34)14(6-7-16(24)29)26-17(30)10-23)21(35)27-13(5-3-4-8-22)19(33)25-11-18(31)32/h12-15H,3-11,22-23H2,1-2H3,(H2,24,29)(H,25,33)(H,26,30)(H,27,35)(H,28,34)(H,31,32)/t13-,14-,15-/m0/s1. The molecule has 0 radical (unpaired) electrons. The third kappa shape index (κ3) is 14.6. The zero-order valence-electron chi connectivity index (χ0n) is 20.3. The molecule has 14 nitrogen and oxygen atoms in total. The molecular formula is C21H39N7O7. The highest BCUT2D eigenvalue weighted by Crippen LogP contribution is 2.09. The van der Waals surface area contributed by atoms with Gasteiger partial charge >= 0.3 is 5.97 Å². The second kappa shape index (κ2) is 17.2. The smallest absolute Gasteiger partial charge is 0.322 e. The summed E-state index contributed by atoms with van der Waals surface area (Å²) < 4.78 is 0. The van der Waals surface area contributed by atoms with Crippen LogP contribution in [0.4, 0.5) is 0 Å². The normalized spacial score (nSPS) is 13.3. The largest absolute Gasteiger partial charge is 0.480 e. The minimum atomic E-state index is -1.24. The van der Waals surface area contributed by atoms with E-state index in [9.17, 15) is 28.8 Å². The second-order valence-corrected chi connectivity index (χ2v) is 8.48. The van der Waals surface area contributed by atoms with E-state index in [0.717, 1.165) is 0 Å². The first kappa shape index (κ1) is 31.7. The first-order chi connectivity index (χ1) is 16.4. The molecule has 0 aliphatic heterocycles. The summed E-state index contributed by atoms with van der Waals surface area (Å²) in [5.41, 5.74) is 15.9. The lowest BCUT2D eigenvalue weighted by Gasteiger charge is -2.26. The Balaban J connectivity index is 5.54. The van der Waals surface area contributed by atoms with Gasteiger partial charge in [0.15, 0.2) is 0 Å². The number of nitrogens with one attached hydrogen (secondary N) is 4. The molecule has 0 aromatic rings. The van der Waals surface area contributed by atoms with E-state index in [1.807, 2.05) is 13.8 Å². The van der Waals surface area contributed by atoms with Crippen LogP contribution in [-0.2, 0) is 28.8 Å². The number of primary amides is 1. The van der Waals surface area contributed by atoms with E-state index in [1.54, 1.807) is 0 Å². The second-order valence-electron chi connectivity index (χ2n) is 8.48. The van der Waals surface area contributed by atoms with Gasteiger partial charge in [-0.1, -0.05) is 13.8 Å². The molecule has 0 saturated carbocycles. The predicted octanol–water partition coefficient (Wildman–Crippen LogP) is -2.96. The summed E-state index contributed by atoms with van der Waals surface area (Å²) in [6.07, 6.45) is 1.23. The quantitative estimate of drug-likeness (QED) is 0.0892. The van der Waals surface area contributed by atoms with Crippen LogP contribution < -0.4 is 38.5 Å². The Morgan fingerprint density at radius 1 is 0.800 bits per heavy atom. The van der Waals surface area contributed by atoms with E-state index in [2.05, 4.69) is 21.3 Å². The molecule has 11 N–H and O–H groups in total. The molecule has 0 aromatic heterocycles. The van der Waals surface area contributed by atoms with Crippen LogP contribution >= 0.6 is 0 Å². The van der Waals surface area contributed by atoms with Gasteiger partial charge in [0.1, 0.15) is 24.7 Å². The molecule has 200 valence electrons. The van der Waals surface area contributed by atoms with Crippen molar-refractivity contribution in [2.24, 2.45) is 23.1 Å². The van der Waals surface area contributed by atoms with Gasteiger partial charge in [-0.3, -0.25) is 28.8 Å². The fraction of sp³-hybridized carbons (Fsp3) is 0.714. The van der Waals surface area contributed by atoms with Crippen molar-refractivity contribution in [1.29, 1.82) is 0 Å². The first-order valence-electron chi connectivity index (χ1n) is 11.5. The number of carboxylic acids is 1. The fourth-order valence-electron chi connectivity index (χ4n) is 3.10. The summed E-state index contributed by atoms with van der Waals surface area (Å²) in [6.45, 7) is 3.03. The van der Waals surface area contributed by atoms with Crippen LogP contribution in [0.3, 0.4) is 0 Å². The van der Waals surface area contributed by atoms with E-state index in [0.29, 0.717) is 19.4 Å². The van der Waals surface area contributed by atoms with E-state index in [-0.39, 0.29) is 38.1 Å². The summed E-state index contributed by atoms with van der Waals surface area (Å²) in [4.78, 5) is 72.0. The number of aliphatic carboxylic acids is 1. The van der Waals surface area contributed by atoms with Crippen LogP contribution in [0.15, 0.2) is 0 Å². The average Bonchev–Trinajstić information content (AvgIpc) is 2.78. The van der Waals surface area contributed by atoms with Crippen LogP contribution in [0.25, 0.3) is 0 Å². The van der Waals surface area contributed by atoms with Crippen molar-refractivity contribution < 1.29 is 33.9 Å². The molecule has 0 aromatic carbocycles. The molecule has 0 aliphatic rings. The molecule has 0 rings (SSSR count). The Hall–Kier alpha value is -3.26. The number of unbranched alkanes of at least 4 members (excludes halogenated alkanes) is 1. The predicted molar refractivity (Wildman–Crippen MR) is 126 cm³/mol. The summed E-state index contributed by atoms with van der Waals surface area (Å²) in [7, 11) is 0. The summed E-state index contributed by atoms with van der Waals surface area (Å²) in [6, 6.07) is -3.26. The summed E-state index contributed by atoms with van der Waals surface area (Å²) >= 11 is 0. The first-order valence-corrected chi connectivity index (χ1v) is 11.5. The average molecular weight is 502 g/mol. The van der Waals surface area contributed by atoms with Crippen molar-refractivity contribution in [3.63, 3.8) is 0 Å². The molecule has 35 heavy (non-hydrogen) atoms. The topological polar surface area (TPSA) is 249 Å². The minimum absolute atomic E-state index is 0.0368. The SMILES string of the molecule is CC(C)C[C@H](NC(=O)[C@H](CCC(N)=O)NC(=O)CN)C(=O)N[C@@H](CCCCN)C(=O)NCC(=O)O. The maximum Gasteiger partial charge on any atom is 0.322 e. The van der Waals surface area contributed by atoms with Crippen molar-refractivity contribution in [3.05, 3.63) is 0 Å². The fourth-order valence-corrected chi connectivity index (χ4v) is 3.10. The third-order valence-corrected chi connectivity index (χ3v) is 4.85. The molecular weight excluding hydrogens is 462 g/mol. The summed E-state index contributed by atoms with van der Waals surface area (Å²) in [5.74, 6) is -4.63. The lowest BCUT2D eigenvalue weighted by molar-refractivity contribution is -0.138. The molecule has 0 aliphatic carbocycles. The van der Waals surface area contributed by atoms with Crippen molar-refractivity contribution in [3.8, 4) is 0 Å². The Bertz CT molecular complexity index is 746. The van der Waals surface area contributed by atoms with Gasteiger partial charge in [0.25, 0.3) is 0 Å². The van der Waals surface area contributed by atoms with Gasteiger partial charge in [0, 0.05) is 6.42 Å². The van der Waals surface area contributed by atoms with E-state index in [1.165, 1.54) is 0 Å². The van der Waals surface area contributed by atoms with Crippen LogP contribution in [0.5, 0.6) is 0 Å². The highest BCUT2D eigenvalue weighted by atomic mass is 16.4. The van der Waals surface area contributed by atoms with Crippen molar-refractivity contribution >= 4 is 35.5 Å². The van der Waals surface area contributed by atoms with E-state index >= 15 is 0 Å². The van der Waals surface area contributed by atoms with Crippen LogP contribution in [0.2, 0.25) is 0 Å². The minimum Gasteiger partial charge on any atom is -0.480 e. The van der Waals surface area contributed by atoms with E-state index < -0.39 is 60.2 Å². The van der Waals surface area contributed by atoms with Crippen molar-refractivity contribution in [2.75, 3.05) is 19.6 Å². The van der Waals surface area contributed by atoms with Gasteiger partial charge in [0.2, 0.25) is 29.5 Å². The molecule has 0 heterocycles. The monoisotopic (exact) mass is 501 g/mol. The molecule has 5 amide bonds. The number of amides is 5. The van der Waals surface area contributed by atoms with Crippen LogP contribution in [0, 0.1) is 5.92 Å². The van der Waals surface area contributed by atoms with Gasteiger partial charge in [-0.15, -0.1) is 0 Å². The maximum absolute atomic E-state index is 13.0. The van der Waals surface area contributed by atoms with Gasteiger partial charge in [0.05, 0.1) is 6.54 Å². The van der Waals surface area contributed by atoms with E-state index in [4.69, 9.17) is 22.3 Å². The molecule has 3 atom stereocenters. The van der Waals surface area contributed by atoms with Crippen LogP contribution in [0.1, 0.15) is 52.4 Å². The number of carbonyl (C=O) groups is 6. The molecule has 14 heteroatoms. The van der Waals surface area contributed by atoms with Crippen molar-refractivity contribution in [2.45, 2.75) is 70.5 Å². The Kier molecular flexibility index (Phi) is 15.6. The number of carboxylic acid groups (broad SMARTS) is 1. The third-order valence-electron chi connectivity index (χ3n) is 4.85. The Morgan fingerprint density at radius 2 is 1.37 bits per heavy atom. The van der Waals surface area contributed by atoms with Crippen molar-refractivity contribution in [1.82, 2.24) is 21.3 Å². The van der Waals surface area contributed by atoms with Gasteiger partial charge in [-0.25, -0.2) is 0 Å². The number of rotatable bonds is 18. The van der Waals surface area contributed by atoms with Gasteiger partial charge in [-0.2, -0.15) is 0 Å². The zero-order chi connectivity index (χ0) is 27.0. The Morgan fingerprint density at radius 3 is 1.89 bits per heavy atom. The lowest BCUT2D eigenvalue weighted by atomic mass is 10.0.